The van der Waals surface area contributed by atoms with E-state index in [-0.39, 0.29) is 5.92 Å². The van der Waals surface area contributed by atoms with Crippen molar-refractivity contribution in [3.8, 4) is 11.1 Å². The SMILES string of the molecule is Cc1nc2nc(C(C)C)c(-c3ccccc3)c(N)n2n1. The molecule has 0 radical (unpaired) electrons. The van der Waals surface area contributed by atoms with Gasteiger partial charge in [0, 0.05) is 5.56 Å². The fourth-order valence-corrected chi connectivity index (χ4v) is 2.36. The molecule has 2 N–H and O–H groups in total. The van der Waals surface area contributed by atoms with Crippen molar-refractivity contribution in [2.45, 2.75) is 26.7 Å². The van der Waals surface area contributed by atoms with Crippen molar-refractivity contribution in [1.82, 2.24) is 19.6 Å². The Bertz CT molecular complexity index is 759. The predicted molar refractivity (Wildman–Crippen MR) is 79.5 cm³/mol. The van der Waals surface area contributed by atoms with Crippen LogP contribution in [-0.2, 0) is 0 Å². The second-order valence-electron chi connectivity index (χ2n) is 5.15. The minimum atomic E-state index is 0.259. The van der Waals surface area contributed by atoms with Crippen molar-refractivity contribution in [1.29, 1.82) is 0 Å². The van der Waals surface area contributed by atoms with Gasteiger partial charge in [0.25, 0.3) is 5.78 Å². The lowest BCUT2D eigenvalue weighted by Crippen LogP contribution is -2.08. The van der Waals surface area contributed by atoms with Crippen LogP contribution in [0, 0.1) is 6.92 Å². The van der Waals surface area contributed by atoms with Gasteiger partial charge in [0.2, 0.25) is 0 Å². The van der Waals surface area contributed by atoms with Gasteiger partial charge in [0.1, 0.15) is 11.6 Å². The molecule has 3 aromatic rings. The lowest BCUT2D eigenvalue weighted by atomic mass is 9.98. The van der Waals surface area contributed by atoms with Crippen LogP contribution in [0.5, 0.6) is 0 Å². The van der Waals surface area contributed by atoms with Crippen LogP contribution in [0.2, 0.25) is 0 Å². The van der Waals surface area contributed by atoms with Gasteiger partial charge in [-0.3, -0.25) is 0 Å². The molecular formula is C15H17N5. The third-order valence-corrected chi connectivity index (χ3v) is 3.27. The molecule has 0 fully saturated rings. The molecule has 0 unspecified atom stereocenters. The number of aryl methyl sites for hydroxylation is 1. The van der Waals surface area contributed by atoms with Gasteiger partial charge in [-0.2, -0.15) is 9.50 Å². The van der Waals surface area contributed by atoms with E-state index in [0.29, 0.717) is 17.4 Å². The van der Waals surface area contributed by atoms with E-state index in [1.807, 2.05) is 37.3 Å². The summed E-state index contributed by atoms with van der Waals surface area (Å²) in [7, 11) is 0. The number of nitrogens with zero attached hydrogens (tertiary/aromatic N) is 4. The average molecular weight is 267 g/mol. The van der Waals surface area contributed by atoms with Gasteiger partial charge in [-0.1, -0.05) is 44.2 Å². The Morgan fingerprint density at radius 2 is 1.80 bits per heavy atom. The Balaban J connectivity index is 2.39. The summed E-state index contributed by atoms with van der Waals surface area (Å²) < 4.78 is 1.61. The van der Waals surface area contributed by atoms with E-state index in [9.17, 15) is 0 Å². The normalized spacial score (nSPS) is 11.4. The Morgan fingerprint density at radius 3 is 2.45 bits per heavy atom. The van der Waals surface area contributed by atoms with E-state index in [1.54, 1.807) is 4.52 Å². The largest absolute Gasteiger partial charge is 0.383 e. The second kappa shape index (κ2) is 4.59. The summed E-state index contributed by atoms with van der Waals surface area (Å²) in [5.41, 5.74) is 9.27. The quantitative estimate of drug-likeness (QED) is 0.775. The molecular weight excluding hydrogens is 250 g/mol. The lowest BCUT2D eigenvalue weighted by molar-refractivity contribution is 0.813. The van der Waals surface area contributed by atoms with Gasteiger partial charge in [0.05, 0.1) is 5.69 Å². The molecule has 0 aliphatic rings. The fourth-order valence-electron chi connectivity index (χ4n) is 2.36. The predicted octanol–water partition coefficient (Wildman–Crippen LogP) is 2.81. The van der Waals surface area contributed by atoms with E-state index in [4.69, 9.17) is 5.73 Å². The van der Waals surface area contributed by atoms with Gasteiger partial charge in [0.15, 0.2) is 0 Å². The molecule has 102 valence electrons. The standard InChI is InChI=1S/C15H17N5/c1-9(2)13-12(11-7-5-4-6-8-11)14(16)20-15(18-13)17-10(3)19-20/h4-9H,16H2,1-3H3. The van der Waals surface area contributed by atoms with E-state index >= 15 is 0 Å². The number of benzene rings is 1. The van der Waals surface area contributed by atoms with Crippen LogP contribution in [0.1, 0.15) is 31.3 Å². The maximum absolute atomic E-state index is 6.32. The maximum atomic E-state index is 6.32. The number of nitrogens with two attached hydrogens (primary N) is 1. The maximum Gasteiger partial charge on any atom is 0.254 e. The molecule has 1 aromatic carbocycles. The molecule has 5 nitrogen and oxygen atoms in total. The summed E-state index contributed by atoms with van der Waals surface area (Å²) in [5.74, 6) is 2.08. The first-order valence-corrected chi connectivity index (χ1v) is 6.66. The third kappa shape index (κ3) is 1.91. The number of hydrogen-bond donors (Lipinski definition) is 1. The summed E-state index contributed by atoms with van der Waals surface area (Å²) in [4.78, 5) is 8.95. The van der Waals surface area contributed by atoms with Crippen molar-refractivity contribution in [2.24, 2.45) is 0 Å². The van der Waals surface area contributed by atoms with E-state index < -0.39 is 0 Å². The molecule has 0 aliphatic carbocycles. The van der Waals surface area contributed by atoms with Crippen LogP contribution in [0.3, 0.4) is 0 Å². The highest BCUT2D eigenvalue weighted by atomic mass is 15.4. The number of anilines is 1. The van der Waals surface area contributed by atoms with Crippen LogP contribution in [-0.4, -0.2) is 19.6 Å². The Kier molecular flexibility index (Phi) is 2.89. The highest BCUT2D eigenvalue weighted by molar-refractivity contribution is 5.78. The highest BCUT2D eigenvalue weighted by Crippen LogP contribution is 2.32. The van der Waals surface area contributed by atoms with Crippen LogP contribution >= 0.6 is 0 Å². The summed E-state index contributed by atoms with van der Waals surface area (Å²) in [6.45, 7) is 6.05. The first-order valence-electron chi connectivity index (χ1n) is 6.66. The highest BCUT2D eigenvalue weighted by Gasteiger charge is 2.18. The number of aromatic nitrogens is 4. The Hall–Kier alpha value is -2.43. The number of rotatable bonds is 2. The number of hydrogen-bond acceptors (Lipinski definition) is 4. The van der Waals surface area contributed by atoms with Crippen molar-refractivity contribution >= 4 is 11.6 Å². The van der Waals surface area contributed by atoms with E-state index in [2.05, 4.69) is 28.9 Å². The van der Waals surface area contributed by atoms with Gasteiger partial charge < -0.3 is 5.73 Å². The van der Waals surface area contributed by atoms with Crippen molar-refractivity contribution in [3.05, 3.63) is 41.9 Å². The third-order valence-electron chi connectivity index (χ3n) is 3.27. The van der Waals surface area contributed by atoms with Gasteiger partial charge >= 0.3 is 0 Å². The minimum absolute atomic E-state index is 0.259. The molecule has 0 bridgehead atoms. The summed E-state index contributed by atoms with van der Waals surface area (Å²) in [6, 6.07) is 10.1. The average Bonchev–Trinajstić information content (AvgIpc) is 2.80. The first-order chi connectivity index (χ1) is 9.58. The number of nitrogen functional groups attached to an aromatic ring is 1. The molecule has 0 amide bonds. The van der Waals surface area contributed by atoms with Crippen LogP contribution in [0.4, 0.5) is 5.82 Å². The molecule has 0 atom stereocenters. The second-order valence-corrected chi connectivity index (χ2v) is 5.15. The molecule has 20 heavy (non-hydrogen) atoms. The number of fused-ring (bicyclic) bond motifs is 1. The Labute approximate surface area is 117 Å². The van der Waals surface area contributed by atoms with Crippen LogP contribution in [0.15, 0.2) is 30.3 Å². The molecule has 0 aliphatic heterocycles. The van der Waals surface area contributed by atoms with Crippen LogP contribution in [0.25, 0.3) is 16.9 Å². The van der Waals surface area contributed by atoms with Crippen LogP contribution < -0.4 is 5.73 Å². The molecule has 0 saturated heterocycles. The van der Waals surface area contributed by atoms with E-state index in [0.717, 1.165) is 16.8 Å². The van der Waals surface area contributed by atoms with Crippen molar-refractivity contribution in [3.63, 3.8) is 0 Å². The smallest absolute Gasteiger partial charge is 0.254 e. The molecule has 5 heteroatoms. The van der Waals surface area contributed by atoms with E-state index in [1.165, 1.54) is 0 Å². The summed E-state index contributed by atoms with van der Waals surface area (Å²) in [5, 5.41) is 4.32. The minimum Gasteiger partial charge on any atom is -0.383 e. The summed E-state index contributed by atoms with van der Waals surface area (Å²) >= 11 is 0. The molecule has 2 aromatic heterocycles. The van der Waals surface area contributed by atoms with Gasteiger partial charge in [-0.15, -0.1) is 5.10 Å². The monoisotopic (exact) mass is 267 g/mol. The fraction of sp³-hybridized carbons (Fsp3) is 0.267. The van der Waals surface area contributed by atoms with Gasteiger partial charge in [-0.05, 0) is 18.4 Å². The Morgan fingerprint density at radius 1 is 1.10 bits per heavy atom. The lowest BCUT2D eigenvalue weighted by Gasteiger charge is -2.15. The molecule has 2 heterocycles. The topological polar surface area (TPSA) is 69.1 Å². The zero-order valence-electron chi connectivity index (χ0n) is 11.8. The molecule has 0 saturated carbocycles. The van der Waals surface area contributed by atoms with Gasteiger partial charge in [-0.25, -0.2) is 4.98 Å². The van der Waals surface area contributed by atoms with Crippen molar-refractivity contribution < 1.29 is 0 Å². The first kappa shape index (κ1) is 12.6. The molecule has 3 rings (SSSR count). The summed E-state index contributed by atoms with van der Waals surface area (Å²) in [6.07, 6.45) is 0. The van der Waals surface area contributed by atoms with Crippen molar-refractivity contribution in [2.75, 3.05) is 5.73 Å². The zero-order valence-corrected chi connectivity index (χ0v) is 11.8. The zero-order chi connectivity index (χ0) is 14.3. The molecule has 0 spiro atoms.